The molecule has 0 atom stereocenters. The summed E-state index contributed by atoms with van der Waals surface area (Å²) in [6.45, 7) is 0. The van der Waals surface area contributed by atoms with Gasteiger partial charge in [0.15, 0.2) is 5.82 Å². The van der Waals surface area contributed by atoms with E-state index in [9.17, 15) is 0 Å². The number of methoxy groups -OCH3 is 1. The van der Waals surface area contributed by atoms with Gasteiger partial charge >= 0.3 is 0 Å². The van der Waals surface area contributed by atoms with Crippen LogP contribution in [-0.2, 0) is 0 Å². The number of nitrogens with zero attached hydrogens (tertiary/aromatic N) is 2. The lowest BCUT2D eigenvalue weighted by Crippen LogP contribution is -2.00. The first-order chi connectivity index (χ1) is 8.63. The van der Waals surface area contributed by atoms with Crippen LogP contribution in [0, 0.1) is 0 Å². The first-order valence-electron chi connectivity index (χ1n) is 4.89. The van der Waals surface area contributed by atoms with Gasteiger partial charge < -0.3 is 15.2 Å². The fourth-order valence-corrected chi connectivity index (χ4v) is 1.63. The number of ether oxygens (including phenoxy) is 2. The molecule has 0 saturated carbocycles. The summed E-state index contributed by atoms with van der Waals surface area (Å²) in [5, 5.41) is 0.675. The second-order valence-corrected chi connectivity index (χ2v) is 4.04. The van der Waals surface area contributed by atoms with E-state index in [1.807, 2.05) is 0 Å². The van der Waals surface area contributed by atoms with Gasteiger partial charge in [-0.15, -0.1) is 0 Å². The predicted molar refractivity (Wildman–Crippen MR) is 69.5 cm³/mol. The molecule has 0 aliphatic carbocycles. The molecule has 0 amide bonds. The second kappa shape index (κ2) is 5.29. The lowest BCUT2D eigenvalue weighted by atomic mass is 10.3. The largest absolute Gasteiger partial charge is 0.489 e. The highest BCUT2D eigenvalue weighted by atomic mass is 35.5. The maximum absolute atomic E-state index is 6.01. The Labute approximate surface area is 113 Å². The van der Waals surface area contributed by atoms with Gasteiger partial charge in [0.05, 0.1) is 12.1 Å². The Hall–Kier alpha value is -1.72. The first kappa shape index (κ1) is 12.7. The Kier molecular flexibility index (Phi) is 3.74. The zero-order valence-corrected chi connectivity index (χ0v) is 10.9. The van der Waals surface area contributed by atoms with Gasteiger partial charge in [0.1, 0.15) is 17.1 Å². The molecule has 2 rings (SSSR count). The summed E-state index contributed by atoms with van der Waals surface area (Å²) in [5.41, 5.74) is 5.64. The van der Waals surface area contributed by atoms with Crippen molar-refractivity contribution in [1.29, 1.82) is 0 Å². The number of anilines is 1. The Balaban J connectivity index is 2.40. The zero-order chi connectivity index (χ0) is 13.1. The van der Waals surface area contributed by atoms with Crippen LogP contribution >= 0.6 is 23.2 Å². The van der Waals surface area contributed by atoms with E-state index in [2.05, 4.69) is 9.97 Å². The minimum absolute atomic E-state index is 0.175. The van der Waals surface area contributed by atoms with E-state index in [1.54, 1.807) is 18.2 Å². The third-order valence-corrected chi connectivity index (χ3v) is 2.93. The lowest BCUT2D eigenvalue weighted by molar-refractivity contribution is 0.369. The molecule has 1 heterocycles. The fraction of sp³-hybridized carbons (Fsp3) is 0.0909. The van der Waals surface area contributed by atoms with Crippen LogP contribution in [-0.4, -0.2) is 17.1 Å². The van der Waals surface area contributed by atoms with Crippen LogP contribution in [0.15, 0.2) is 24.5 Å². The monoisotopic (exact) mass is 285 g/mol. The summed E-state index contributed by atoms with van der Waals surface area (Å²) < 4.78 is 10.6. The molecule has 2 N–H and O–H groups in total. The van der Waals surface area contributed by atoms with E-state index in [4.69, 9.17) is 38.4 Å². The Morgan fingerprint density at radius 1 is 1.22 bits per heavy atom. The summed E-state index contributed by atoms with van der Waals surface area (Å²) >= 11 is 11.9. The maximum atomic E-state index is 6.01. The van der Waals surface area contributed by atoms with Crippen LogP contribution in [0.2, 0.25) is 10.0 Å². The van der Waals surface area contributed by atoms with Crippen LogP contribution < -0.4 is 15.2 Å². The molecule has 0 aliphatic heterocycles. The third-order valence-electron chi connectivity index (χ3n) is 2.13. The normalized spacial score (nSPS) is 10.2. The van der Waals surface area contributed by atoms with Crippen molar-refractivity contribution < 1.29 is 9.47 Å². The number of hydrogen-bond donors (Lipinski definition) is 1. The summed E-state index contributed by atoms with van der Waals surface area (Å²) in [5.74, 6) is 0.962. The van der Waals surface area contributed by atoms with E-state index < -0.39 is 0 Å². The van der Waals surface area contributed by atoms with Gasteiger partial charge in [-0.1, -0.05) is 29.3 Å². The minimum atomic E-state index is 0.175. The molecule has 0 unspecified atom stereocenters. The number of rotatable bonds is 3. The Morgan fingerprint density at radius 3 is 2.72 bits per heavy atom. The number of halogens is 2. The van der Waals surface area contributed by atoms with Gasteiger partial charge in [0, 0.05) is 0 Å². The number of benzene rings is 1. The predicted octanol–water partition coefficient (Wildman–Crippen LogP) is 3.17. The van der Waals surface area contributed by atoms with Crippen molar-refractivity contribution in [3.63, 3.8) is 0 Å². The van der Waals surface area contributed by atoms with E-state index in [1.165, 1.54) is 13.4 Å². The molecule has 94 valence electrons. The van der Waals surface area contributed by atoms with Gasteiger partial charge in [-0.2, -0.15) is 4.98 Å². The van der Waals surface area contributed by atoms with Crippen molar-refractivity contribution in [1.82, 2.24) is 9.97 Å². The molecular weight excluding hydrogens is 277 g/mol. The fourth-order valence-electron chi connectivity index (χ4n) is 1.30. The molecule has 18 heavy (non-hydrogen) atoms. The molecule has 0 saturated heterocycles. The molecule has 2 aromatic rings. The topological polar surface area (TPSA) is 70.3 Å². The van der Waals surface area contributed by atoms with Crippen molar-refractivity contribution >= 4 is 29.0 Å². The molecule has 1 aromatic carbocycles. The second-order valence-electron chi connectivity index (χ2n) is 3.25. The molecule has 1 aromatic heterocycles. The number of nitrogen functional groups attached to an aromatic ring is 1. The SMILES string of the molecule is COc1c(N)ncnc1Oc1cccc(Cl)c1Cl. The number of hydrogen-bond acceptors (Lipinski definition) is 5. The quantitative estimate of drug-likeness (QED) is 0.938. The van der Waals surface area contributed by atoms with Gasteiger partial charge in [-0.25, -0.2) is 4.98 Å². The molecule has 5 nitrogen and oxygen atoms in total. The smallest absolute Gasteiger partial charge is 0.268 e. The van der Waals surface area contributed by atoms with E-state index in [0.717, 1.165) is 0 Å². The van der Waals surface area contributed by atoms with Gasteiger partial charge in [-0.3, -0.25) is 0 Å². The molecule has 0 fully saturated rings. The highest BCUT2D eigenvalue weighted by Gasteiger charge is 2.14. The average Bonchev–Trinajstić information content (AvgIpc) is 2.35. The highest BCUT2D eigenvalue weighted by Crippen LogP contribution is 2.38. The van der Waals surface area contributed by atoms with Gasteiger partial charge in [-0.05, 0) is 12.1 Å². The van der Waals surface area contributed by atoms with Crippen molar-refractivity contribution in [2.75, 3.05) is 12.8 Å². The van der Waals surface area contributed by atoms with Crippen molar-refractivity contribution in [3.05, 3.63) is 34.6 Å². The molecular formula is C11H9Cl2N3O2. The van der Waals surface area contributed by atoms with Crippen LogP contribution in [0.25, 0.3) is 0 Å². The molecule has 7 heteroatoms. The molecule has 0 spiro atoms. The van der Waals surface area contributed by atoms with Crippen LogP contribution in [0.4, 0.5) is 5.82 Å². The summed E-state index contributed by atoms with van der Waals surface area (Å²) in [7, 11) is 1.45. The van der Waals surface area contributed by atoms with Crippen molar-refractivity contribution in [2.24, 2.45) is 0 Å². The zero-order valence-electron chi connectivity index (χ0n) is 9.35. The maximum Gasteiger partial charge on any atom is 0.268 e. The highest BCUT2D eigenvalue weighted by molar-refractivity contribution is 6.42. The summed E-state index contributed by atoms with van der Waals surface area (Å²) in [6, 6.07) is 5.02. The van der Waals surface area contributed by atoms with Gasteiger partial charge in [0.2, 0.25) is 5.75 Å². The number of nitrogens with two attached hydrogens (primary N) is 1. The first-order valence-corrected chi connectivity index (χ1v) is 5.65. The number of aromatic nitrogens is 2. The van der Waals surface area contributed by atoms with E-state index >= 15 is 0 Å². The van der Waals surface area contributed by atoms with Crippen molar-refractivity contribution in [2.45, 2.75) is 0 Å². The summed E-state index contributed by atoms with van der Waals surface area (Å²) in [4.78, 5) is 7.73. The van der Waals surface area contributed by atoms with Crippen LogP contribution in [0.1, 0.15) is 0 Å². The van der Waals surface area contributed by atoms with Crippen LogP contribution in [0.3, 0.4) is 0 Å². The molecule has 0 aliphatic rings. The van der Waals surface area contributed by atoms with Crippen molar-refractivity contribution in [3.8, 4) is 17.4 Å². The standard InChI is InChI=1S/C11H9Cl2N3O2/c1-17-9-10(14)15-5-16-11(9)18-7-4-2-3-6(12)8(7)13/h2-5H,1H3,(H2,14,15,16). The minimum Gasteiger partial charge on any atom is -0.489 e. The van der Waals surface area contributed by atoms with Gasteiger partial charge in [0.25, 0.3) is 5.88 Å². The van der Waals surface area contributed by atoms with E-state index in [-0.39, 0.29) is 17.4 Å². The Morgan fingerprint density at radius 2 is 2.00 bits per heavy atom. The summed E-state index contributed by atoms with van der Waals surface area (Å²) in [6.07, 6.45) is 1.27. The van der Waals surface area contributed by atoms with E-state index in [0.29, 0.717) is 15.8 Å². The van der Waals surface area contributed by atoms with Crippen LogP contribution in [0.5, 0.6) is 17.4 Å². The third kappa shape index (κ3) is 2.42. The molecule has 0 radical (unpaired) electrons. The molecule has 0 bridgehead atoms. The Bertz CT molecular complexity index is 578. The lowest BCUT2D eigenvalue weighted by Gasteiger charge is -2.11. The average molecular weight is 286 g/mol.